The van der Waals surface area contributed by atoms with Crippen molar-refractivity contribution in [1.29, 1.82) is 0 Å². The van der Waals surface area contributed by atoms with Gasteiger partial charge in [-0.15, -0.1) is 0 Å². The Morgan fingerprint density at radius 2 is 2.18 bits per heavy atom. The first-order chi connectivity index (χ1) is 10.8. The first kappa shape index (κ1) is 14.7. The average molecular weight is 299 g/mol. The Kier molecular flexibility index (Phi) is 4.80. The number of carbonyl (C=O) groups is 1. The van der Waals surface area contributed by atoms with E-state index in [1.165, 1.54) is 0 Å². The van der Waals surface area contributed by atoms with Gasteiger partial charge in [0, 0.05) is 18.4 Å². The molecule has 0 aromatic carbocycles. The molecule has 2 N–H and O–H groups in total. The summed E-state index contributed by atoms with van der Waals surface area (Å²) in [5, 5.41) is 10.1. The van der Waals surface area contributed by atoms with E-state index >= 15 is 0 Å². The molecule has 1 unspecified atom stereocenters. The molecule has 2 aromatic heterocycles. The predicted molar refractivity (Wildman–Crippen MR) is 83.2 cm³/mol. The Labute approximate surface area is 129 Å². The molecule has 0 spiro atoms. The summed E-state index contributed by atoms with van der Waals surface area (Å²) in [6.45, 7) is 2.50. The molecule has 1 fully saturated rings. The fourth-order valence-electron chi connectivity index (χ4n) is 2.87. The molecule has 116 valence electrons. The van der Waals surface area contributed by atoms with Crippen molar-refractivity contribution in [2.45, 2.75) is 31.8 Å². The molecule has 1 aliphatic rings. The largest absolute Gasteiger partial charge is 0.328 e. The minimum Gasteiger partial charge on any atom is -0.328 e. The van der Waals surface area contributed by atoms with Gasteiger partial charge in [0.05, 0.1) is 12.2 Å². The lowest BCUT2D eigenvalue weighted by atomic mass is 10.1. The third-order valence-electron chi connectivity index (χ3n) is 4.04. The standard InChI is InChI=1S/C16H21N5O/c22-16(15-7-11-19-20-15)21(12-13-4-1-2-9-18-13)14-5-3-8-17-10-6-14/h1-2,4,7,9,11,14,17H,3,5-6,8,10,12H2,(H,19,20). The molecule has 3 rings (SSSR count). The summed E-state index contributed by atoms with van der Waals surface area (Å²) in [6.07, 6.45) is 6.44. The van der Waals surface area contributed by atoms with Crippen LogP contribution in [0.15, 0.2) is 36.7 Å². The van der Waals surface area contributed by atoms with E-state index in [1.807, 2.05) is 23.1 Å². The second-order valence-corrected chi connectivity index (χ2v) is 5.56. The van der Waals surface area contributed by atoms with Crippen LogP contribution in [0, 0.1) is 0 Å². The molecule has 1 amide bonds. The van der Waals surface area contributed by atoms with Crippen LogP contribution in [0.2, 0.25) is 0 Å². The molecule has 0 bridgehead atoms. The minimum atomic E-state index is -0.00458. The first-order valence-corrected chi connectivity index (χ1v) is 7.75. The van der Waals surface area contributed by atoms with Crippen molar-refractivity contribution in [3.05, 3.63) is 48.0 Å². The summed E-state index contributed by atoms with van der Waals surface area (Å²) >= 11 is 0. The Balaban J connectivity index is 1.82. The van der Waals surface area contributed by atoms with Crippen LogP contribution in [-0.2, 0) is 6.54 Å². The van der Waals surface area contributed by atoms with Crippen LogP contribution < -0.4 is 5.32 Å². The van der Waals surface area contributed by atoms with Crippen LogP contribution in [0.3, 0.4) is 0 Å². The lowest BCUT2D eigenvalue weighted by Crippen LogP contribution is -2.40. The second kappa shape index (κ2) is 7.17. The molecule has 3 heterocycles. The number of hydrogen-bond donors (Lipinski definition) is 2. The van der Waals surface area contributed by atoms with Crippen molar-refractivity contribution in [3.63, 3.8) is 0 Å². The van der Waals surface area contributed by atoms with Gasteiger partial charge < -0.3 is 10.2 Å². The summed E-state index contributed by atoms with van der Waals surface area (Å²) < 4.78 is 0. The number of aromatic amines is 1. The normalized spacial score (nSPS) is 18.6. The van der Waals surface area contributed by atoms with Gasteiger partial charge in [-0.3, -0.25) is 14.9 Å². The Hall–Kier alpha value is -2.21. The number of rotatable bonds is 4. The van der Waals surface area contributed by atoms with Crippen LogP contribution in [0.4, 0.5) is 0 Å². The van der Waals surface area contributed by atoms with E-state index in [2.05, 4.69) is 20.5 Å². The monoisotopic (exact) mass is 299 g/mol. The van der Waals surface area contributed by atoms with Crippen molar-refractivity contribution in [3.8, 4) is 0 Å². The van der Waals surface area contributed by atoms with E-state index in [-0.39, 0.29) is 11.9 Å². The van der Waals surface area contributed by atoms with Gasteiger partial charge in [-0.2, -0.15) is 5.10 Å². The Morgan fingerprint density at radius 3 is 2.95 bits per heavy atom. The quantitative estimate of drug-likeness (QED) is 0.899. The smallest absolute Gasteiger partial charge is 0.272 e. The van der Waals surface area contributed by atoms with Gasteiger partial charge in [-0.05, 0) is 50.6 Å². The van der Waals surface area contributed by atoms with Crippen molar-refractivity contribution in [2.24, 2.45) is 0 Å². The number of amides is 1. The molecule has 1 atom stereocenters. The van der Waals surface area contributed by atoms with E-state index in [9.17, 15) is 4.79 Å². The molecule has 22 heavy (non-hydrogen) atoms. The highest BCUT2D eigenvalue weighted by atomic mass is 16.2. The van der Waals surface area contributed by atoms with Crippen LogP contribution in [0.25, 0.3) is 0 Å². The number of nitrogens with one attached hydrogen (secondary N) is 2. The summed E-state index contributed by atoms with van der Waals surface area (Å²) in [5.41, 5.74) is 1.45. The molecule has 2 aromatic rings. The minimum absolute atomic E-state index is 0.00458. The fourth-order valence-corrected chi connectivity index (χ4v) is 2.87. The fraction of sp³-hybridized carbons (Fsp3) is 0.438. The van der Waals surface area contributed by atoms with Crippen LogP contribution in [0.5, 0.6) is 0 Å². The first-order valence-electron chi connectivity index (χ1n) is 7.75. The molecular formula is C16H21N5O. The van der Waals surface area contributed by atoms with Gasteiger partial charge in [0.15, 0.2) is 0 Å². The number of hydrogen-bond acceptors (Lipinski definition) is 4. The maximum absolute atomic E-state index is 12.8. The number of pyridine rings is 1. The SMILES string of the molecule is O=C(c1ccn[nH]1)N(Cc1ccccn1)C1CCCNCC1. The molecule has 1 aliphatic heterocycles. The summed E-state index contributed by atoms with van der Waals surface area (Å²) in [6, 6.07) is 7.76. The number of aromatic nitrogens is 3. The molecule has 6 heteroatoms. The highest BCUT2D eigenvalue weighted by molar-refractivity contribution is 5.92. The van der Waals surface area contributed by atoms with Gasteiger partial charge in [0.2, 0.25) is 0 Å². The van der Waals surface area contributed by atoms with Crippen LogP contribution >= 0.6 is 0 Å². The Morgan fingerprint density at radius 1 is 1.23 bits per heavy atom. The van der Waals surface area contributed by atoms with E-state index in [4.69, 9.17) is 0 Å². The molecule has 0 saturated carbocycles. The molecule has 6 nitrogen and oxygen atoms in total. The maximum atomic E-state index is 12.8. The molecule has 0 aliphatic carbocycles. The Bertz CT molecular complexity index is 576. The average Bonchev–Trinajstić information content (AvgIpc) is 2.96. The number of nitrogens with zero attached hydrogens (tertiary/aromatic N) is 3. The van der Waals surface area contributed by atoms with Crippen LogP contribution in [-0.4, -0.2) is 45.1 Å². The lowest BCUT2D eigenvalue weighted by molar-refractivity contribution is 0.0636. The lowest BCUT2D eigenvalue weighted by Gasteiger charge is -2.30. The van der Waals surface area contributed by atoms with Gasteiger partial charge in [0.1, 0.15) is 5.69 Å². The van der Waals surface area contributed by atoms with E-state index in [0.717, 1.165) is 38.0 Å². The van der Waals surface area contributed by atoms with E-state index in [0.29, 0.717) is 12.2 Å². The van der Waals surface area contributed by atoms with Gasteiger partial charge >= 0.3 is 0 Å². The molecule has 0 radical (unpaired) electrons. The van der Waals surface area contributed by atoms with Crippen LogP contribution in [0.1, 0.15) is 35.4 Å². The van der Waals surface area contributed by atoms with Gasteiger partial charge in [0.25, 0.3) is 5.91 Å². The third-order valence-corrected chi connectivity index (χ3v) is 4.04. The highest BCUT2D eigenvalue weighted by Gasteiger charge is 2.26. The van der Waals surface area contributed by atoms with Gasteiger partial charge in [-0.25, -0.2) is 0 Å². The highest BCUT2D eigenvalue weighted by Crippen LogP contribution is 2.18. The molecule has 1 saturated heterocycles. The second-order valence-electron chi connectivity index (χ2n) is 5.56. The predicted octanol–water partition coefficient (Wildman–Crippen LogP) is 1.59. The summed E-state index contributed by atoms with van der Waals surface area (Å²) in [5.74, 6) is -0.00458. The van der Waals surface area contributed by atoms with E-state index < -0.39 is 0 Å². The summed E-state index contributed by atoms with van der Waals surface area (Å²) in [4.78, 5) is 19.1. The zero-order chi connectivity index (χ0) is 15.2. The van der Waals surface area contributed by atoms with Crippen molar-refractivity contribution < 1.29 is 4.79 Å². The van der Waals surface area contributed by atoms with E-state index in [1.54, 1.807) is 18.5 Å². The zero-order valence-electron chi connectivity index (χ0n) is 12.5. The van der Waals surface area contributed by atoms with Crippen molar-refractivity contribution in [2.75, 3.05) is 13.1 Å². The number of carbonyl (C=O) groups excluding carboxylic acids is 1. The zero-order valence-corrected chi connectivity index (χ0v) is 12.5. The van der Waals surface area contributed by atoms with Gasteiger partial charge in [-0.1, -0.05) is 6.07 Å². The number of H-pyrrole nitrogens is 1. The maximum Gasteiger partial charge on any atom is 0.272 e. The van der Waals surface area contributed by atoms with Crippen molar-refractivity contribution >= 4 is 5.91 Å². The van der Waals surface area contributed by atoms with Crippen molar-refractivity contribution in [1.82, 2.24) is 25.4 Å². The summed E-state index contributed by atoms with van der Waals surface area (Å²) in [7, 11) is 0. The topological polar surface area (TPSA) is 73.9 Å². The molecular weight excluding hydrogens is 278 g/mol. The third kappa shape index (κ3) is 3.51.